The summed E-state index contributed by atoms with van der Waals surface area (Å²) in [4.78, 5) is 19.2. The third-order valence-electron chi connectivity index (χ3n) is 3.33. The van der Waals surface area contributed by atoms with Crippen LogP contribution in [0.5, 0.6) is 0 Å². The maximum absolute atomic E-state index is 12.2. The molecule has 5 nitrogen and oxygen atoms in total. The third kappa shape index (κ3) is 3.12. The number of fused-ring (bicyclic) bond motifs is 1. The average molecular weight is 318 g/mol. The zero-order valence-electron chi connectivity index (χ0n) is 12.4. The molecule has 2 aromatic rings. The maximum atomic E-state index is 12.2. The number of halogens is 1. The molecule has 0 saturated carbocycles. The molecule has 1 heterocycles. The van der Waals surface area contributed by atoms with Gasteiger partial charge in [0.05, 0.1) is 10.9 Å². The van der Waals surface area contributed by atoms with Gasteiger partial charge in [0.15, 0.2) is 5.82 Å². The molecule has 2 N–H and O–H groups in total. The lowest BCUT2D eigenvalue weighted by atomic mass is 10.1. The molecule has 0 atom stereocenters. The highest BCUT2D eigenvalue weighted by Crippen LogP contribution is 2.20. The third-order valence-corrected chi connectivity index (χ3v) is 3.60. The van der Waals surface area contributed by atoms with Crippen LogP contribution in [0.3, 0.4) is 0 Å². The molecule has 0 aliphatic heterocycles. The van der Waals surface area contributed by atoms with Gasteiger partial charge in [-0.05, 0) is 37.5 Å². The lowest BCUT2D eigenvalue weighted by molar-refractivity contribution is 0.390. The Kier molecular flexibility index (Phi) is 4.84. The molecule has 0 radical (unpaired) electrons. The van der Waals surface area contributed by atoms with E-state index in [0.29, 0.717) is 23.2 Å². The van der Waals surface area contributed by atoms with Crippen LogP contribution in [0.15, 0.2) is 22.7 Å². The normalized spacial score (nSPS) is 12.1. The number of nitriles is 1. The number of allylic oxidation sites excluding steroid dienone is 2. The van der Waals surface area contributed by atoms with Crippen molar-refractivity contribution >= 4 is 28.1 Å². The average Bonchev–Trinajstić information content (AvgIpc) is 2.47. The molecular weight excluding hydrogens is 302 g/mol. The number of H-pyrrole nitrogens is 1. The van der Waals surface area contributed by atoms with E-state index < -0.39 is 0 Å². The Hall–Kier alpha value is -2.32. The summed E-state index contributed by atoms with van der Waals surface area (Å²) in [6.07, 6.45) is 0.801. The van der Waals surface area contributed by atoms with Crippen molar-refractivity contribution in [2.45, 2.75) is 26.7 Å². The Labute approximate surface area is 132 Å². The van der Waals surface area contributed by atoms with Crippen LogP contribution in [0.25, 0.3) is 16.5 Å². The summed E-state index contributed by atoms with van der Waals surface area (Å²) in [5, 5.41) is 19.7. The molecule has 0 bridgehead atoms. The number of rotatable bonds is 4. The minimum Gasteiger partial charge on any atom is -0.511 e. The highest BCUT2D eigenvalue weighted by atomic mass is 35.5. The molecule has 1 aromatic carbocycles. The van der Waals surface area contributed by atoms with E-state index in [1.54, 1.807) is 6.07 Å². The fourth-order valence-electron chi connectivity index (χ4n) is 2.33. The molecule has 0 spiro atoms. The SMILES string of the molecule is Cc1cc(C)c2nc(/C(C#N)=C(\O)CCCCl)[nH]c(=O)c2c1. The van der Waals surface area contributed by atoms with Crippen molar-refractivity contribution in [2.75, 3.05) is 5.88 Å². The fourth-order valence-corrected chi connectivity index (χ4v) is 2.46. The van der Waals surface area contributed by atoms with E-state index in [-0.39, 0.29) is 29.1 Å². The van der Waals surface area contributed by atoms with Gasteiger partial charge in [-0.1, -0.05) is 6.07 Å². The second-order valence-electron chi connectivity index (χ2n) is 5.12. The zero-order chi connectivity index (χ0) is 16.3. The molecule has 0 aliphatic carbocycles. The van der Waals surface area contributed by atoms with Crippen molar-refractivity contribution in [3.05, 3.63) is 45.2 Å². The van der Waals surface area contributed by atoms with E-state index in [9.17, 15) is 15.2 Å². The van der Waals surface area contributed by atoms with Gasteiger partial charge < -0.3 is 10.1 Å². The molecule has 0 fully saturated rings. The molecule has 22 heavy (non-hydrogen) atoms. The molecule has 0 amide bonds. The molecule has 6 heteroatoms. The first-order valence-electron chi connectivity index (χ1n) is 6.87. The Morgan fingerprint density at radius 3 is 2.82 bits per heavy atom. The predicted molar refractivity (Wildman–Crippen MR) is 87.0 cm³/mol. The van der Waals surface area contributed by atoms with E-state index in [1.165, 1.54) is 0 Å². The maximum Gasteiger partial charge on any atom is 0.259 e. The molecular formula is C16H16ClN3O2. The molecule has 2 rings (SSSR count). The number of hydrogen-bond donors (Lipinski definition) is 2. The zero-order valence-corrected chi connectivity index (χ0v) is 13.2. The van der Waals surface area contributed by atoms with Crippen LogP contribution in [-0.4, -0.2) is 21.0 Å². The highest BCUT2D eigenvalue weighted by Gasteiger charge is 2.14. The topological polar surface area (TPSA) is 89.8 Å². The second-order valence-corrected chi connectivity index (χ2v) is 5.50. The summed E-state index contributed by atoms with van der Waals surface area (Å²) in [6.45, 7) is 3.76. The Bertz CT molecular complexity index is 847. The fraction of sp³-hybridized carbons (Fsp3) is 0.312. The van der Waals surface area contributed by atoms with Crippen molar-refractivity contribution in [3.63, 3.8) is 0 Å². The van der Waals surface area contributed by atoms with Crippen molar-refractivity contribution in [1.82, 2.24) is 9.97 Å². The lowest BCUT2D eigenvalue weighted by Crippen LogP contribution is -2.13. The number of aliphatic hydroxyl groups is 1. The van der Waals surface area contributed by atoms with Crippen LogP contribution in [0, 0.1) is 25.2 Å². The van der Waals surface area contributed by atoms with Crippen LogP contribution >= 0.6 is 11.6 Å². The number of aryl methyl sites for hydroxylation is 2. The summed E-state index contributed by atoms with van der Waals surface area (Å²) in [5.41, 5.74) is 1.99. The number of benzene rings is 1. The monoisotopic (exact) mass is 317 g/mol. The first kappa shape index (κ1) is 16.1. The van der Waals surface area contributed by atoms with Gasteiger partial charge in [-0.25, -0.2) is 4.98 Å². The van der Waals surface area contributed by atoms with Gasteiger partial charge in [-0.15, -0.1) is 11.6 Å². The van der Waals surface area contributed by atoms with Gasteiger partial charge in [0, 0.05) is 12.3 Å². The molecule has 114 valence electrons. The first-order chi connectivity index (χ1) is 10.5. The molecule has 1 aromatic heterocycles. The van der Waals surface area contributed by atoms with Crippen molar-refractivity contribution < 1.29 is 5.11 Å². The minimum absolute atomic E-state index is 0.0240. The lowest BCUT2D eigenvalue weighted by Gasteiger charge is -2.07. The Morgan fingerprint density at radius 1 is 1.45 bits per heavy atom. The number of hydrogen-bond acceptors (Lipinski definition) is 4. The van der Waals surface area contributed by atoms with Gasteiger partial charge in [0.2, 0.25) is 0 Å². The van der Waals surface area contributed by atoms with E-state index in [0.717, 1.165) is 11.1 Å². The van der Waals surface area contributed by atoms with Crippen LogP contribution < -0.4 is 5.56 Å². The van der Waals surface area contributed by atoms with Crippen molar-refractivity contribution in [3.8, 4) is 6.07 Å². The van der Waals surface area contributed by atoms with E-state index in [1.807, 2.05) is 26.0 Å². The number of nitrogens with zero attached hydrogens (tertiary/aromatic N) is 2. The van der Waals surface area contributed by atoms with E-state index in [4.69, 9.17) is 11.6 Å². The Balaban J connectivity index is 2.67. The van der Waals surface area contributed by atoms with Crippen LogP contribution in [0.4, 0.5) is 0 Å². The smallest absolute Gasteiger partial charge is 0.259 e. The standard InChI is InChI=1S/C16H16ClN3O2/c1-9-6-10(2)14-11(7-9)16(22)20-15(19-14)12(8-18)13(21)4-3-5-17/h6-7,21H,3-5H2,1-2H3,(H,19,20,22)/b13-12-. The Morgan fingerprint density at radius 2 is 2.18 bits per heavy atom. The number of aromatic amines is 1. The summed E-state index contributed by atoms with van der Waals surface area (Å²) >= 11 is 5.59. The van der Waals surface area contributed by atoms with Gasteiger partial charge in [0.1, 0.15) is 17.4 Å². The van der Waals surface area contributed by atoms with Gasteiger partial charge >= 0.3 is 0 Å². The van der Waals surface area contributed by atoms with Crippen LogP contribution in [0.2, 0.25) is 0 Å². The van der Waals surface area contributed by atoms with E-state index >= 15 is 0 Å². The van der Waals surface area contributed by atoms with Crippen molar-refractivity contribution in [1.29, 1.82) is 5.26 Å². The number of alkyl halides is 1. The number of nitrogens with one attached hydrogen (secondary N) is 1. The summed E-state index contributed by atoms with van der Waals surface area (Å²) in [7, 11) is 0. The number of aromatic nitrogens is 2. The van der Waals surface area contributed by atoms with Gasteiger partial charge in [-0.3, -0.25) is 4.79 Å². The van der Waals surface area contributed by atoms with Crippen LogP contribution in [-0.2, 0) is 0 Å². The van der Waals surface area contributed by atoms with Crippen molar-refractivity contribution in [2.24, 2.45) is 0 Å². The van der Waals surface area contributed by atoms with Crippen LogP contribution in [0.1, 0.15) is 29.8 Å². The molecule has 0 unspecified atom stereocenters. The van der Waals surface area contributed by atoms with Gasteiger partial charge in [0.25, 0.3) is 5.56 Å². The van der Waals surface area contributed by atoms with Gasteiger partial charge in [-0.2, -0.15) is 5.26 Å². The first-order valence-corrected chi connectivity index (χ1v) is 7.41. The van der Waals surface area contributed by atoms with E-state index in [2.05, 4.69) is 9.97 Å². The predicted octanol–water partition coefficient (Wildman–Crippen LogP) is 3.35. The largest absolute Gasteiger partial charge is 0.511 e. The summed E-state index contributed by atoms with van der Waals surface area (Å²) in [5.74, 6) is 0.345. The summed E-state index contributed by atoms with van der Waals surface area (Å²) in [6, 6.07) is 5.57. The minimum atomic E-state index is -0.329. The second kappa shape index (κ2) is 6.63. The quantitative estimate of drug-likeness (QED) is 0.514. The highest BCUT2D eigenvalue weighted by molar-refractivity contribution is 6.17. The molecule has 0 aliphatic rings. The molecule has 0 saturated heterocycles. The number of aliphatic hydroxyl groups excluding tert-OH is 1. The summed E-state index contributed by atoms with van der Waals surface area (Å²) < 4.78 is 0.